The highest BCUT2D eigenvalue weighted by Gasteiger charge is 2.20. The highest BCUT2D eigenvalue weighted by atomic mass is 79.9. The van der Waals surface area contributed by atoms with Gasteiger partial charge in [-0.2, -0.15) is 0 Å². The molecule has 0 aromatic carbocycles. The number of halogens is 1. The van der Waals surface area contributed by atoms with E-state index in [0.29, 0.717) is 11.6 Å². The third kappa shape index (κ3) is 2.81. The fourth-order valence-corrected chi connectivity index (χ4v) is 1.71. The monoisotopic (exact) mass is 311 g/mol. The van der Waals surface area contributed by atoms with Gasteiger partial charge in [-0.3, -0.25) is 10.1 Å². The maximum atomic E-state index is 11.8. The quantitative estimate of drug-likeness (QED) is 0.893. The number of carbonyl (C=O) groups is 1. The van der Waals surface area contributed by atoms with Crippen molar-refractivity contribution >= 4 is 27.7 Å². The van der Waals surface area contributed by atoms with E-state index in [1.807, 2.05) is 20.8 Å². The molecule has 2 rings (SSSR count). The molecule has 18 heavy (non-hydrogen) atoms. The predicted octanol–water partition coefficient (Wildman–Crippen LogP) is 3.32. The zero-order valence-corrected chi connectivity index (χ0v) is 12.0. The Labute approximate surface area is 113 Å². The maximum absolute atomic E-state index is 11.8. The summed E-state index contributed by atoms with van der Waals surface area (Å²) in [5.74, 6) is 0.0768. The second-order valence-electron chi connectivity index (χ2n) is 5.01. The van der Waals surface area contributed by atoms with E-state index >= 15 is 0 Å². The zero-order chi connectivity index (χ0) is 13.3. The molecule has 0 aliphatic heterocycles. The number of aromatic nitrogens is 2. The minimum atomic E-state index is -0.266. The number of H-pyrrole nitrogens is 1. The van der Waals surface area contributed by atoms with Gasteiger partial charge in [0, 0.05) is 22.2 Å². The van der Waals surface area contributed by atoms with E-state index in [4.69, 9.17) is 4.52 Å². The van der Waals surface area contributed by atoms with Crippen LogP contribution in [0.2, 0.25) is 0 Å². The molecule has 5 nitrogen and oxygen atoms in total. The van der Waals surface area contributed by atoms with Crippen LogP contribution in [-0.4, -0.2) is 16.0 Å². The summed E-state index contributed by atoms with van der Waals surface area (Å²) in [4.78, 5) is 14.7. The van der Waals surface area contributed by atoms with Crippen LogP contribution >= 0.6 is 15.9 Å². The lowest BCUT2D eigenvalue weighted by Gasteiger charge is -2.12. The molecule has 1 amide bonds. The van der Waals surface area contributed by atoms with Gasteiger partial charge in [-0.15, -0.1) is 0 Å². The van der Waals surface area contributed by atoms with Crippen LogP contribution in [-0.2, 0) is 5.41 Å². The van der Waals surface area contributed by atoms with E-state index < -0.39 is 0 Å². The third-order valence-corrected chi connectivity index (χ3v) is 2.87. The normalized spacial score (nSPS) is 11.6. The number of rotatable bonds is 2. The minimum absolute atomic E-state index is 0.109. The summed E-state index contributed by atoms with van der Waals surface area (Å²) in [6, 6.07) is 3.42. The summed E-state index contributed by atoms with van der Waals surface area (Å²) in [5.41, 5.74) is 1.14. The van der Waals surface area contributed by atoms with Gasteiger partial charge in [0.2, 0.25) is 5.88 Å². The van der Waals surface area contributed by atoms with Gasteiger partial charge < -0.3 is 9.51 Å². The molecule has 0 radical (unpaired) electrons. The fraction of sp³-hybridized carbons (Fsp3) is 0.333. The Balaban J connectivity index is 2.10. The Kier molecular flexibility index (Phi) is 3.30. The van der Waals surface area contributed by atoms with Crippen LogP contribution in [0.25, 0.3) is 0 Å². The molecule has 6 heteroatoms. The largest absolute Gasteiger partial charge is 0.356 e. The smallest absolute Gasteiger partial charge is 0.274 e. The summed E-state index contributed by atoms with van der Waals surface area (Å²) in [6.07, 6.45) is 1.69. The number of hydrogen-bond acceptors (Lipinski definition) is 3. The Morgan fingerprint density at radius 3 is 2.67 bits per heavy atom. The number of nitrogens with zero attached hydrogens (tertiary/aromatic N) is 1. The van der Waals surface area contributed by atoms with Crippen LogP contribution in [0.5, 0.6) is 0 Å². The van der Waals surface area contributed by atoms with Crippen molar-refractivity contribution in [1.82, 2.24) is 10.1 Å². The number of aromatic amines is 1. The molecule has 0 saturated heterocycles. The van der Waals surface area contributed by atoms with Gasteiger partial charge in [-0.1, -0.05) is 25.9 Å². The van der Waals surface area contributed by atoms with E-state index in [1.165, 1.54) is 0 Å². The first-order chi connectivity index (χ1) is 8.36. The van der Waals surface area contributed by atoms with Crippen molar-refractivity contribution < 1.29 is 9.32 Å². The van der Waals surface area contributed by atoms with Crippen molar-refractivity contribution in [3.63, 3.8) is 0 Å². The lowest BCUT2D eigenvalue weighted by atomic mass is 9.92. The highest BCUT2D eigenvalue weighted by molar-refractivity contribution is 9.10. The first-order valence-corrected chi connectivity index (χ1v) is 6.28. The molecule has 2 heterocycles. The van der Waals surface area contributed by atoms with Crippen LogP contribution < -0.4 is 5.32 Å². The lowest BCUT2D eigenvalue weighted by Crippen LogP contribution is -2.12. The summed E-state index contributed by atoms with van der Waals surface area (Å²) in [5, 5.41) is 6.57. The van der Waals surface area contributed by atoms with E-state index in [1.54, 1.807) is 18.3 Å². The van der Waals surface area contributed by atoms with Crippen LogP contribution in [0.1, 0.15) is 37.0 Å². The first kappa shape index (κ1) is 12.9. The average molecular weight is 312 g/mol. The van der Waals surface area contributed by atoms with Gasteiger partial charge in [-0.05, 0) is 22.0 Å². The summed E-state index contributed by atoms with van der Waals surface area (Å²) >= 11 is 3.27. The van der Waals surface area contributed by atoms with Crippen molar-refractivity contribution in [2.75, 3.05) is 5.32 Å². The summed E-state index contributed by atoms with van der Waals surface area (Å²) in [6.45, 7) is 6.08. The van der Waals surface area contributed by atoms with Crippen molar-refractivity contribution in [3.8, 4) is 0 Å². The molecule has 0 atom stereocenters. The molecular formula is C12H14BrN3O2. The van der Waals surface area contributed by atoms with Crippen LogP contribution in [0.4, 0.5) is 5.88 Å². The SMILES string of the molecule is CC(C)(C)c1cc(NC(=O)c2cc(Br)c[nH]2)on1. The molecule has 96 valence electrons. The van der Waals surface area contributed by atoms with Gasteiger partial charge in [-0.25, -0.2) is 0 Å². The van der Waals surface area contributed by atoms with Gasteiger partial charge in [0.15, 0.2) is 0 Å². The molecule has 0 aliphatic rings. The van der Waals surface area contributed by atoms with Gasteiger partial charge in [0.25, 0.3) is 5.91 Å². The molecule has 0 saturated carbocycles. The first-order valence-electron chi connectivity index (χ1n) is 5.49. The van der Waals surface area contributed by atoms with E-state index in [9.17, 15) is 4.79 Å². The van der Waals surface area contributed by atoms with Gasteiger partial charge >= 0.3 is 0 Å². The van der Waals surface area contributed by atoms with Crippen molar-refractivity contribution in [3.05, 3.63) is 34.2 Å². The molecule has 0 unspecified atom stereocenters. The summed E-state index contributed by atoms with van der Waals surface area (Å²) in [7, 11) is 0. The van der Waals surface area contributed by atoms with Crippen LogP contribution in [0, 0.1) is 0 Å². The molecule has 0 spiro atoms. The standard InChI is InChI=1S/C12H14BrN3O2/c1-12(2,3)9-5-10(18-16-9)15-11(17)8-4-7(13)6-14-8/h4-6,14H,1-3H3,(H,15,17). The number of anilines is 1. The average Bonchev–Trinajstić information content (AvgIpc) is 2.85. The van der Waals surface area contributed by atoms with E-state index in [0.717, 1.165) is 10.2 Å². The molecule has 2 N–H and O–H groups in total. The number of nitrogens with one attached hydrogen (secondary N) is 2. The third-order valence-electron chi connectivity index (χ3n) is 2.41. The minimum Gasteiger partial charge on any atom is -0.356 e. The Morgan fingerprint density at radius 2 is 2.17 bits per heavy atom. The van der Waals surface area contributed by atoms with Crippen molar-refractivity contribution in [2.45, 2.75) is 26.2 Å². The predicted molar refractivity (Wildman–Crippen MR) is 71.6 cm³/mol. The van der Waals surface area contributed by atoms with E-state index in [2.05, 4.69) is 31.4 Å². The van der Waals surface area contributed by atoms with Gasteiger partial charge in [0.05, 0.1) is 5.69 Å². The van der Waals surface area contributed by atoms with Crippen molar-refractivity contribution in [1.29, 1.82) is 0 Å². The number of hydrogen-bond donors (Lipinski definition) is 2. The molecule has 2 aromatic heterocycles. The van der Waals surface area contributed by atoms with Crippen LogP contribution in [0.3, 0.4) is 0 Å². The van der Waals surface area contributed by atoms with Crippen LogP contribution in [0.15, 0.2) is 27.3 Å². The zero-order valence-electron chi connectivity index (χ0n) is 10.4. The Bertz CT molecular complexity index is 566. The molecule has 0 fully saturated rings. The molecular weight excluding hydrogens is 298 g/mol. The maximum Gasteiger partial charge on any atom is 0.274 e. The molecule has 2 aromatic rings. The Hall–Kier alpha value is -1.56. The topological polar surface area (TPSA) is 70.9 Å². The number of carbonyl (C=O) groups excluding carboxylic acids is 1. The van der Waals surface area contributed by atoms with Crippen molar-refractivity contribution in [2.24, 2.45) is 0 Å². The lowest BCUT2D eigenvalue weighted by molar-refractivity contribution is 0.101. The van der Waals surface area contributed by atoms with Gasteiger partial charge in [0.1, 0.15) is 5.69 Å². The molecule has 0 bridgehead atoms. The molecule has 0 aliphatic carbocycles. The summed E-state index contributed by atoms with van der Waals surface area (Å²) < 4.78 is 5.90. The van der Waals surface area contributed by atoms with E-state index in [-0.39, 0.29) is 11.3 Å². The fourth-order valence-electron chi connectivity index (χ4n) is 1.37. The Morgan fingerprint density at radius 1 is 1.44 bits per heavy atom. The second-order valence-corrected chi connectivity index (χ2v) is 5.93. The highest BCUT2D eigenvalue weighted by Crippen LogP contribution is 2.24. The number of amides is 1. The second kappa shape index (κ2) is 4.61.